The first-order valence-electron chi connectivity index (χ1n) is 6.28. The van der Waals surface area contributed by atoms with E-state index in [0.29, 0.717) is 0 Å². The van der Waals surface area contributed by atoms with E-state index in [0.717, 1.165) is 5.75 Å². The van der Waals surface area contributed by atoms with Crippen molar-refractivity contribution in [2.45, 2.75) is 49.5 Å². The van der Waals surface area contributed by atoms with E-state index in [9.17, 15) is 0 Å². The van der Waals surface area contributed by atoms with Gasteiger partial charge in [-0.3, -0.25) is 0 Å². The molecule has 90 valence electrons. The Labute approximate surface area is 112 Å². The van der Waals surface area contributed by atoms with Gasteiger partial charge in [-0.15, -0.1) is 0 Å². The van der Waals surface area contributed by atoms with Crippen molar-refractivity contribution in [3.63, 3.8) is 0 Å². The molecule has 1 rings (SSSR count). The monoisotopic (exact) mass is 415 g/mol. The molecule has 0 saturated heterocycles. The quantitative estimate of drug-likeness (QED) is 0.541. The number of benzene rings is 1. The summed E-state index contributed by atoms with van der Waals surface area (Å²) in [6, 6.07) is 10.2. The van der Waals surface area contributed by atoms with Gasteiger partial charge < -0.3 is 0 Å². The van der Waals surface area contributed by atoms with Crippen molar-refractivity contribution in [2.24, 2.45) is 0 Å². The van der Waals surface area contributed by atoms with Crippen LogP contribution in [0.4, 0.5) is 0 Å². The van der Waals surface area contributed by atoms with Crippen molar-refractivity contribution >= 4 is 24.0 Å². The summed E-state index contributed by atoms with van der Waals surface area (Å²) < 4.78 is 7.15. The van der Waals surface area contributed by atoms with E-state index in [1.54, 1.807) is 0 Å². The topological polar surface area (TPSA) is 9.23 Å². The van der Waals surface area contributed by atoms with Gasteiger partial charge in [0, 0.05) is 0 Å². The van der Waals surface area contributed by atoms with E-state index < -0.39 is 24.0 Å². The third kappa shape index (κ3) is 7.23. The van der Waals surface area contributed by atoms with Crippen LogP contribution in [0.2, 0.25) is 4.08 Å². The van der Waals surface area contributed by atoms with Gasteiger partial charge in [-0.2, -0.15) is 0 Å². The Kier molecular flexibility index (Phi) is 8.82. The van der Waals surface area contributed by atoms with Gasteiger partial charge in [0.1, 0.15) is 0 Å². The molecule has 1 aromatic carbocycles. The molecule has 0 atom stereocenters. The average molecular weight is 415 g/mol. The maximum absolute atomic E-state index is 5.80. The molecule has 0 aliphatic carbocycles. The normalized spacial score (nSPS) is 10.3. The van der Waals surface area contributed by atoms with Crippen LogP contribution in [0.5, 0.6) is 5.75 Å². The fourth-order valence-electron chi connectivity index (χ4n) is 1.53. The molecule has 0 N–H and O–H groups in total. The van der Waals surface area contributed by atoms with E-state index in [1.807, 2.05) is 18.2 Å². The summed E-state index contributed by atoms with van der Waals surface area (Å²) in [6.45, 7) is 2.27. The molecule has 1 nitrogen and oxygen atoms in total. The number of rotatable bonds is 9. The third-order valence-electron chi connectivity index (χ3n) is 2.48. The van der Waals surface area contributed by atoms with Gasteiger partial charge in [-0.1, -0.05) is 0 Å². The summed E-state index contributed by atoms with van der Waals surface area (Å²) in [4.78, 5) is 0. The molecule has 0 aliphatic rings. The van der Waals surface area contributed by atoms with Crippen LogP contribution in [0.1, 0.15) is 45.4 Å². The molecule has 1 aromatic rings. The van der Waals surface area contributed by atoms with Crippen LogP contribution in [0.3, 0.4) is 0 Å². The van der Waals surface area contributed by atoms with Crippen LogP contribution >= 0.6 is 0 Å². The molecule has 0 aliphatic heterocycles. The Morgan fingerprint density at radius 3 is 2.38 bits per heavy atom. The summed E-state index contributed by atoms with van der Waals surface area (Å²) in [7, 11) is 0. The SMILES string of the molecule is CCCCCCC[CH2][Po][O]c1ccccc1. The van der Waals surface area contributed by atoms with Crippen molar-refractivity contribution in [3.8, 4) is 5.75 Å². The predicted molar refractivity (Wildman–Crippen MR) is 71.0 cm³/mol. The van der Waals surface area contributed by atoms with Crippen molar-refractivity contribution in [1.82, 2.24) is 0 Å². The standard InChI is InChI=1S/C8H17.C6H6O.Po/c1-3-5-7-8-6-4-2;7-6-4-2-1-3-5-6;/h1,3-8H2,2H3;1-5,7H;/q;;+1/p-1. The van der Waals surface area contributed by atoms with E-state index in [2.05, 4.69) is 19.1 Å². The fraction of sp³-hybridized carbons (Fsp3) is 0.571. The Bertz CT molecular complexity index is 248. The summed E-state index contributed by atoms with van der Waals surface area (Å²) in [5.74, 6) is 1.07. The number of hydrogen-bond donors (Lipinski definition) is 0. The summed E-state index contributed by atoms with van der Waals surface area (Å²) >= 11 is -0.564. The van der Waals surface area contributed by atoms with Crippen LogP contribution in [0.15, 0.2) is 30.3 Å². The predicted octanol–water partition coefficient (Wildman–Crippen LogP) is 4.46. The average Bonchev–Trinajstić information content (AvgIpc) is 2.34. The van der Waals surface area contributed by atoms with Crippen molar-refractivity contribution in [1.29, 1.82) is 0 Å². The van der Waals surface area contributed by atoms with E-state index in [4.69, 9.17) is 2.77 Å². The molecular weight excluding hydrogens is 393 g/mol. The molecule has 2 heteroatoms. The fourth-order valence-corrected chi connectivity index (χ4v) is 4.06. The first-order valence-corrected chi connectivity index (χ1v) is 9.82. The molecule has 0 heterocycles. The first-order chi connectivity index (χ1) is 7.93. The molecule has 16 heavy (non-hydrogen) atoms. The van der Waals surface area contributed by atoms with Crippen molar-refractivity contribution in [2.75, 3.05) is 0 Å². The summed E-state index contributed by atoms with van der Waals surface area (Å²) in [5.41, 5.74) is 0. The Hall–Kier alpha value is -0.0839. The van der Waals surface area contributed by atoms with Crippen LogP contribution < -0.4 is 2.77 Å². The second-order valence-corrected chi connectivity index (χ2v) is 7.14. The molecule has 0 bridgehead atoms. The minimum atomic E-state index is -0.564. The minimum absolute atomic E-state index is 0.564. The van der Waals surface area contributed by atoms with Crippen LogP contribution in [-0.4, -0.2) is 24.0 Å². The summed E-state index contributed by atoms with van der Waals surface area (Å²) in [6.07, 6.45) is 8.35. The Morgan fingerprint density at radius 2 is 1.62 bits per heavy atom. The number of hydrogen-bond acceptors (Lipinski definition) is 1. The van der Waals surface area contributed by atoms with Crippen LogP contribution in [0, 0.1) is 0 Å². The molecule has 0 radical (unpaired) electrons. The molecule has 0 fully saturated rings. The number of para-hydroxylation sites is 1. The van der Waals surface area contributed by atoms with Gasteiger partial charge >= 0.3 is 112 Å². The van der Waals surface area contributed by atoms with E-state index in [-0.39, 0.29) is 0 Å². The van der Waals surface area contributed by atoms with Gasteiger partial charge in [0.2, 0.25) is 0 Å². The first kappa shape index (κ1) is 14.0. The van der Waals surface area contributed by atoms with Gasteiger partial charge in [0.25, 0.3) is 0 Å². The van der Waals surface area contributed by atoms with E-state index >= 15 is 0 Å². The zero-order valence-corrected chi connectivity index (χ0v) is 13.3. The van der Waals surface area contributed by atoms with E-state index in [1.165, 1.54) is 42.6 Å². The van der Waals surface area contributed by atoms with Gasteiger partial charge in [0.05, 0.1) is 0 Å². The zero-order chi connectivity index (χ0) is 11.5. The molecule has 0 unspecified atom stereocenters. The Morgan fingerprint density at radius 1 is 0.938 bits per heavy atom. The molecule has 0 aromatic heterocycles. The zero-order valence-electron chi connectivity index (χ0n) is 10.2. The summed E-state index contributed by atoms with van der Waals surface area (Å²) in [5, 5.41) is 0. The Balaban J connectivity index is 1.89. The van der Waals surface area contributed by atoms with Crippen molar-refractivity contribution in [3.05, 3.63) is 30.3 Å². The molecule has 0 amide bonds. The molecular formula is C14H22OPo. The van der Waals surface area contributed by atoms with Gasteiger partial charge in [-0.25, -0.2) is 0 Å². The molecule has 0 saturated carbocycles. The van der Waals surface area contributed by atoms with Gasteiger partial charge in [-0.05, 0) is 0 Å². The number of unbranched alkanes of at least 4 members (excludes halogenated alkanes) is 5. The molecule has 0 spiro atoms. The van der Waals surface area contributed by atoms with Gasteiger partial charge in [0.15, 0.2) is 0 Å². The maximum atomic E-state index is 5.80. The van der Waals surface area contributed by atoms with Crippen molar-refractivity contribution < 1.29 is 2.77 Å². The third-order valence-corrected chi connectivity index (χ3v) is 5.46. The second-order valence-electron chi connectivity index (χ2n) is 3.99. The van der Waals surface area contributed by atoms with Crippen LogP contribution in [0.25, 0.3) is 0 Å². The second kappa shape index (κ2) is 10.1. The van der Waals surface area contributed by atoms with Crippen LogP contribution in [-0.2, 0) is 0 Å².